The lowest BCUT2D eigenvalue weighted by Crippen LogP contribution is -2.38. The van der Waals surface area contributed by atoms with E-state index in [4.69, 9.17) is 15.2 Å². The molecule has 1 aromatic heterocycles. The van der Waals surface area contributed by atoms with Gasteiger partial charge in [0, 0.05) is 37.6 Å². The van der Waals surface area contributed by atoms with Crippen LogP contribution in [0.1, 0.15) is 16.1 Å². The minimum Gasteiger partial charge on any atom is -0.497 e. The Balaban J connectivity index is 1.89. The maximum Gasteiger partial charge on any atom is 0.250 e. The third-order valence-corrected chi connectivity index (χ3v) is 4.76. The molecule has 0 atom stereocenters. The van der Waals surface area contributed by atoms with Crippen molar-refractivity contribution < 1.29 is 14.3 Å². The second kappa shape index (κ2) is 7.72. The van der Waals surface area contributed by atoms with Gasteiger partial charge in [0.05, 0.1) is 25.9 Å². The number of carbonyl (C=O) groups is 1. The SMILES string of the molecule is COc1ccc(-c2cc(C(N)=O)c(C)n2CCN2CCOCC2)cc1. The summed E-state index contributed by atoms with van der Waals surface area (Å²) in [5.74, 6) is 0.416. The van der Waals surface area contributed by atoms with Crippen molar-refractivity contribution >= 4 is 5.91 Å². The first kappa shape index (κ1) is 17.5. The zero-order valence-electron chi connectivity index (χ0n) is 14.8. The lowest BCUT2D eigenvalue weighted by atomic mass is 10.1. The van der Waals surface area contributed by atoms with Gasteiger partial charge in [-0.1, -0.05) is 0 Å². The summed E-state index contributed by atoms with van der Waals surface area (Å²) in [6.07, 6.45) is 0. The molecule has 6 nitrogen and oxygen atoms in total. The summed E-state index contributed by atoms with van der Waals surface area (Å²) in [6.45, 7) is 7.12. The van der Waals surface area contributed by atoms with Crippen molar-refractivity contribution in [2.45, 2.75) is 13.5 Å². The van der Waals surface area contributed by atoms with Gasteiger partial charge in [0.15, 0.2) is 0 Å². The maximum absolute atomic E-state index is 11.8. The number of amides is 1. The van der Waals surface area contributed by atoms with Gasteiger partial charge in [0.25, 0.3) is 5.91 Å². The predicted molar refractivity (Wildman–Crippen MR) is 96.9 cm³/mol. The van der Waals surface area contributed by atoms with Crippen molar-refractivity contribution in [3.05, 3.63) is 41.6 Å². The minimum absolute atomic E-state index is 0.391. The molecule has 1 fully saturated rings. The zero-order chi connectivity index (χ0) is 17.8. The van der Waals surface area contributed by atoms with Crippen LogP contribution in [0.25, 0.3) is 11.3 Å². The molecular weight excluding hydrogens is 318 g/mol. The van der Waals surface area contributed by atoms with Crippen LogP contribution >= 0.6 is 0 Å². The molecule has 0 aliphatic carbocycles. The average molecular weight is 343 g/mol. The van der Waals surface area contributed by atoms with Crippen LogP contribution in [0.5, 0.6) is 5.75 Å². The Morgan fingerprint density at radius 2 is 1.88 bits per heavy atom. The molecule has 1 saturated heterocycles. The van der Waals surface area contributed by atoms with Crippen LogP contribution in [0, 0.1) is 6.92 Å². The van der Waals surface area contributed by atoms with Crippen molar-refractivity contribution in [1.82, 2.24) is 9.47 Å². The summed E-state index contributed by atoms with van der Waals surface area (Å²) >= 11 is 0. The molecule has 0 radical (unpaired) electrons. The van der Waals surface area contributed by atoms with E-state index in [9.17, 15) is 4.79 Å². The smallest absolute Gasteiger partial charge is 0.250 e. The van der Waals surface area contributed by atoms with E-state index in [0.29, 0.717) is 5.56 Å². The van der Waals surface area contributed by atoms with Crippen LogP contribution in [-0.4, -0.2) is 55.3 Å². The second-order valence-corrected chi connectivity index (χ2v) is 6.23. The Kier molecular flexibility index (Phi) is 5.40. The fourth-order valence-corrected chi connectivity index (χ4v) is 3.25. The summed E-state index contributed by atoms with van der Waals surface area (Å²) in [7, 11) is 1.65. The first-order valence-corrected chi connectivity index (χ1v) is 8.54. The highest BCUT2D eigenvalue weighted by Crippen LogP contribution is 2.27. The summed E-state index contributed by atoms with van der Waals surface area (Å²) in [5, 5.41) is 0. The normalized spacial score (nSPS) is 15.3. The van der Waals surface area contributed by atoms with Crippen LogP contribution in [-0.2, 0) is 11.3 Å². The van der Waals surface area contributed by atoms with E-state index < -0.39 is 5.91 Å². The predicted octanol–water partition coefficient (Wildman–Crippen LogP) is 1.90. The van der Waals surface area contributed by atoms with Crippen molar-refractivity contribution in [3.8, 4) is 17.0 Å². The minimum atomic E-state index is -0.391. The van der Waals surface area contributed by atoms with Gasteiger partial charge in [-0.15, -0.1) is 0 Å². The Morgan fingerprint density at radius 1 is 1.20 bits per heavy atom. The molecule has 134 valence electrons. The van der Waals surface area contributed by atoms with Crippen LogP contribution in [0.4, 0.5) is 0 Å². The third kappa shape index (κ3) is 3.86. The largest absolute Gasteiger partial charge is 0.497 e. The molecule has 3 rings (SSSR count). The summed E-state index contributed by atoms with van der Waals surface area (Å²) in [4.78, 5) is 14.2. The monoisotopic (exact) mass is 343 g/mol. The highest BCUT2D eigenvalue weighted by molar-refractivity contribution is 5.95. The molecule has 1 aromatic carbocycles. The summed E-state index contributed by atoms with van der Waals surface area (Å²) in [6, 6.07) is 9.74. The van der Waals surface area contributed by atoms with Crippen LogP contribution in [0.15, 0.2) is 30.3 Å². The van der Waals surface area contributed by atoms with Gasteiger partial charge in [-0.2, -0.15) is 0 Å². The van der Waals surface area contributed by atoms with E-state index in [1.165, 1.54) is 0 Å². The molecule has 0 bridgehead atoms. The van der Waals surface area contributed by atoms with Gasteiger partial charge in [-0.25, -0.2) is 0 Å². The van der Waals surface area contributed by atoms with Crippen molar-refractivity contribution in [2.24, 2.45) is 5.73 Å². The van der Waals surface area contributed by atoms with E-state index in [1.807, 2.05) is 37.3 Å². The lowest BCUT2D eigenvalue weighted by molar-refractivity contribution is 0.0364. The number of rotatable bonds is 6. The van der Waals surface area contributed by atoms with Gasteiger partial charge in [-0.3, -0.25) is 9.69 Å². The number of ether oxygens (including phenoxy) is 2. The van der Waals surface area contributed by atoms with E-state index in [-0.39, 0.29) is 0 Å². The molecule has 2 heterocycles. The van der Waals surface area contributed by atoms with Gasteiger partial charge in [-0.05, 0) is 42.8 Å². The quantitative estimate of drug-likeness (QED) is 0.870. The molecule has 6 heteroatoms. The number of benzene rings is 1. The van der Waals surface area contributed by atoms with Crippen molar-refractivity contribution in [3.63, 3.8) is 0 Å². The summed E-state index contributed by atoms with van der Waals surface area (Å²) in [5.41, 5.74) is 9.09. The standard InChI is InChI=1S/C19H25N3O3/c1-14-17(19(20)23)13-18(15-3-5-16(24-2)6-4-15)22(14)8-7-21-9-11-25-12-10-21/h3-6,13H,7-12H2,1-2H3,(H2,20,23). The number of nitrogens with zero attached hydrogens (tertiary/aromatic N) is 2. The number of methoxy groups -OCH3 is 1. The first-order chi connectivity index (χ1) is 12.1. The van der Waals surface area contributed by atoms with Crippen LogP contribution < -0.4 is 10.5 Å². The number of carbonyl (C=O) groups excluding carboxylic acids is 1. The molecule has 0 saturated carbocycles. The van der Waals surface area contributed by atoms with Gasteiger partial charge < -0.3 is 19.8 Å². The number of hydrogen-bond donors (Lipinski definition) is 1. The molecule has 1 aliphatic heterocycles. The molecular formula is C19H25N3O3. The number of primary amides is 1. The zero-order valence-corrected chi connectivity index (χ0v) is 14.8. The Labute approximate surface area is 148 Å². The van der Waals surface area contributed by atoms with E-state index in [1.54, 1.807) is 7.11 Å². The van der Waals surface area contributed by atoms with Gasteiger partial charge >= 0.3 is 0 Å². The van der Waals surface area contributed by atoms with Crippen LogP contribution in [0.2, 0.25) is 0 Å². The second-order valence-electron chi connectivity index (χ2n) is 6.23. The molecule has 0 spiro atoms. The van der Waals surface area contributed by atoms with Gasteiger partial charge in [0.1, 0.15) is 5.75 Å². The molecule has 2 N–H and O–H groups in total. The molecule has 2 aromatic rings. The number of aromatic nitrogens is 1. The Hall–Kier alpha value is -2.31. The van der Waals surface area contributed by atoms with Crippen LogP contribution in [0.3, 0.4) is 0 Å². The van der Waals surface area contributed by atoms with E-state index >= 15 is 0 Å². The Bertz CT molecular complexity index is 731. The van der Waals surface area contributed by atoms with E-state index in [0.717, 1.165) is 62.1 Å². The van der Waals surface area contributed by atoms with E-state index in [2.05, 4.69) is 9.47 Å². The highest BCUT2D eigenvalue weighted by Gasteiger charge is 2.18. The lowest BCUT2D eigenvalue weighted by Gasteiger charge is -2.27. The van der Waals surface area contributed by atoms with Gasteiger partial charge in [0.2, 0.25) is 0 Å². The Morgan fingerprint density at radius 3 is 2.48 bits per heavy atom. The highest BCUT2D eigenvalue weighted by atomic mass is 16.5. The molecule has 1 amide bonds. The molecule has 1 aliphatic rings. The number of nitrogens with two attached hydrogens (primary N) is 1. The number of hydrogen-bond acceptors (Lipinski definition) is 4. The third-order valence-electron chi connectivity index (χ3n) is 4.76. The average Bonchev–Trinajstić information content (AvgIpc) is 2.97. The maximum atomic E-state index is 11.8. The topological polar surface area (TPSA) is 69.7 Å². The fraction of sp³-hybridized carbons (Fsp3) is 0.421. The fourth-order valence-electron chi connectivity index (χ4n) is 3.25. The molecule has 25 heavy (non-hydrogen) atoms. The first-order valence-electron chi connectivity index (χ1n) is 8.54. The number of morpholine rings is 1. The molecule has 0 unspecified atom stereocenters. The van der Waals surface area contributed by atoms with Crippen molar-refractivity contribution in [2.75, 3.05) is 40.0 Å². The summed E-state index contributed by atoms with van der Waals surface area (Å²) < 4.78 is 12.8. The van der Waals surface area contributed by atoms with Crippen molar-refractivity contribution in [1.29, 1.82) is 0 Å².